The lowest BCUT2D eigenvalue weighted by atomic mass is 10.4. The normalized spacial score (nSPS) is 12.9. The van der Waals surface area contributed by atoms with E-state index >= 15 is 0 Å². The minimum absolute atomic E-state index is 0.194. The topological polar surface area (TPSA) is 59.1 Å². The summed E-state index contributed by atoms with van der Waals surface area (Å²) in [4.78, 5) is 3.72. The molecule has 0 amide bonds. The summed E-state index contributed by atoms with van der Waals surface area (Å²) >= 11 is 0. The molecule has 0 radical (unpaired) electrons. The second-order valence-electron chi connectivity index (χ2n) is 2.43. The molecule has 0 aliphatic rings. The van der Waals surface area contributed by atoms with Gasteiger partial charge in [0.25, 0.3) is 0 Å². The van der Waals surface area contributed by atoms with Gasteiger partial charge in [-0.3, -0.25) is 9.13 Å². The molecule has 0 fully saturated rings. The molecule has 0 spiro atoms. The Hall–Kier alpha value is -0.920. The van der Waals surface area contributed by atoms with Gasteiger partial charge in [0.05, 0.1) is 6.20 Å². The van der Waals surface area contributed by atoms with Crippen LogP contribution in [0.15, 0.2) is 18.3 Å². The average molecular weight is 232 g/mol. The zero-order valence-electron chi connectivity index (χ0n) is 7.05. The summed E-state index contributed by atoms with van der Waals surface area (Å²) in [6, 6.07) is 2.71. The molecule has 0 aliphatic heterocycles. The Bertz CT molecular complexity index is 312. The van der Waals surface area contributed by atoms with Gasteiger partial charge in [0.15, 0.2) is 16.9 Å². The molecule has 0 atom stereocenters. The highest BCUT2D eigenvalue weighted by Crippen LogP contribution is 2.19. The lowest BCUT2D eigenvalue weighted by molar-refractivity contribution is 0.588. The lowest BCUT2D eigenvalue weighted by Crippen LogP contribution is -2.09. The van der Waals surface area contributed by atoms with Gasteiger partial charge in [0.2, 0.25) is 0 Å². The standard InChI is InChI=1S/C7H7FN2O2P2/c8-5-1-2-6(9-3-5)10-4-7(13-11)14-12/h1-3,7H,4H2,(H,9,10). The van der Waals surface area contributed by atoms with Crippen LogP contribution < -0.4 is 5.32 Å². The van der Waals surface area contributed by atoms with Crippen LogP contribution in [0, 0.1) is 5.82 Å². The van der Waals surface area contributed by atoms with Crippen molar-refractivity contribution in [3.63, 3.8) is 0 Å². The number of rotatable bonds is 5. The summed E-state index contributed by atoms with van der Waals surface area (Å²) < 4.78 is 33.2. The third-order valence-corrected chi connectivity index (χ3v) is 2.85. The Morgan fingerprint density at radius 2 is 2.14 bits per heavy atom. The molecule has 1 rings (SSSR count). The number of hydrogen-bond donors (Lipinski definition) is 1. The fraction of sp³-hybridized carbons (Fsp3) is 0.286. The molecular formula is C7H7FN2O2P2. The molecule has 0 saturated carbocycles. The summed E-state index contributed by atoms with van der Waals surface area (Å²) in [5.74, 6) is 0.0414. The molecule has 0 aliphatic carbocycles. The molecule has 0 unspecified atom stereocenters. The molecule has 14 heavy (non-hydrogen) atoms. The maximum atomic E-state index is 12.4. The van der Waals surface area contributed by atoms with Gasteiger partial charge < -0.3 is 5.32 Å². The highest BCUT2D eigenvalue weighted by molar-refractivity contribution is 7.44. The van der Waals surface area contributed by atoms with E-state index in [9.17, 15) is 13.5 Å². The highest BCUT2D eigenvalue weighted by Gasteiger charge is 2.07. The first-order valence-electron chi connectivity index (χ1n) is 3.76. The SMILES string of the molecule is O=PC(CNc1ccc(F)cn1)P=O. The van der Waals surface area contributed by atoms with Crippen LogP contribution in [0.2, 0.25) is 0 Å². The van der Waals surface area contributed by atoms with Gasteiger partial charge in [-0.25, -0.2) is 9.37 Å². The molecular weight excluding hydrogens is 225 g/mol. The van der Waals surface area contributed by atoms with E-state index in [0.29, 0.717) is 5.82 Å². The second-order valence-corrected chi connectivity index (χ2v) is 4.51. The van der Waals surface area contributed by atoms with E-state index in [1.807, 2.05) is 0 Å². The van der Waals surface area contributed by atoms with Crippen LogP contribution in [0.3, 0.4) is 0 Å². The van der Waals surface area contributed by atoms with Crippen LogP contribution >= 0.6 is 16.9 Å². The first kappa shape index (κ1) is 11.2. The number of pyridine rings is 1. The molecule has 0 bridgehead atoms. The Balaban J connectivity index is 2.48. The van der Waals surface area contributed by atoms with Crippen LogP contribution in [0.5, 0.6) is 0 Å². The van der Waals surface area contributed by atoms with Gasteiger partial charge in [-0.05, 0) is 12.1 Å². The summed E-state index contributed by atoms with van der Waals surface area (Å²) in [5, 5.41) is 2.28. The van der Waals surface area contributed by atoms with Gasteiger partial charge >= 0.3 is 0 Å². The van der Waals surface area contributed by atoms with Crippen LogP contribution in [-0.2, 0) is 9.13 Å². The summed E-state index contributed by atoms with van der Waals surface area (Å²) in [6.45, 7) is 0.259. The Morgan fingerprint density at radius 1 is 1.43 bits per heavy atom. The minimum Gasteiger partial charge on any atom is -0.368 e. The van der Waals surface area contributed by atoms with E-state index in [1.54, 1.807) is 0 Å². The zero-order chi connectivity index (χ0) is 10.4. The summed E-state index contributed by atoms with van der Waals surface area (Å²) in [6.07, 6.45) is 1.07. The van der Waals surface area contributed by atoms with Crippen molar-refractivity contribution in [3.05, 3.63) is 24.1 Å². The van der Waals surface area contributed by atoms with E-state index in [-0.39, 0.29) is 23.5 Å². The first-order valence-corrected chi connectivity index (χ1v) is 5.53. The molecule has 1 aromatic rings. The van der Waals surface area contributed by atoms with Gasteiger partial charge in [-0.2, -0.15) is 0 Å². The van der Waals surface area contributed by atoms with E-state index in [1.165, 1.54) is 12.1 Å². The van der Waals surface area contributed by atoms with Gasteiger partial charge in [0, 0.05) is 6.54 Å². The van der Waals surface area contributed by atoms with E-state index < -0.39 is 11.2 Å². The molecule has 1 heterocycles. The smallest absolute Gasteiger partial charge is 0.173 e. The van der Waals surface area contributed by atoms with Gasteiger partial charge in [-0.15, -0.1) is 0 Å². The number of nitrogens with one attached hydrogen (secondary N) is 1. The van der Waals surface area contributed by atoms with Crippen LogP contribution in [-0.4, -0.2) is 16.9 Å². The number of anilines is 1. The van der Waals surface area contributed by atoms with Crippen molar-refractivity contribution < 1.29 is 13.5 Å². The molecule has 0 saturated heterocycles. The van der Waals surface area contributed by atoms with Crippen molar-refractivity contribution in [3.8, 4) is 0 Å². The molecule has 1 aromatic heterocycles. The van der Waals surface area contributed by atoms with Crippen LogP contribution in [0.4, 0.5) is 10.2 Å². The molecule has 4 nitrogen and oxygen atoms in total. The number of hydrogen-bond acceptors (Lipinski definition) is 4. The third kappa shape index (κ3) is 3.44. The largest absolute Gasteiger partial charge is 0.368 e. The third-order valence-electron chi connectivity index (χ3n) is 1.44. The highest BCUT2D eigenvalue weighted by atomic mass is 31.1. The number of nitrogens with zero attached hydrogens (tertiary/aromatic N) is 1. The molecule has 1 N–H and O–H groups in total. The monoisotopic (exact) mass is 232 g/mol. The predicted octanol–water partition coefficient (Wildman–Crippen LogP) is 2.54. The van der Waals surface area contributed by atoms with Crippen molar-refractivity contribution in [2.24, 2.45) is 0 Å². The Morgan fingerprint density at radius 3 is 2.64 bits per heavy atom. The maximum absolute atomic E-state index is 12.4. The van der Waals surface area contributed by atoms with Crippen molar-refractivity contribution in [2.45, 2.75) is 5.40 Å². The minimum atomic E-state index is -0.498. The van der Waals surface area contributed by atoms with Gasteiger partial charge in [0.1, 0.15) is 17.0 Å². The summed E-state index contributed by atoms with van der Waals surface area (Å²) in [7, 11) is -0.388. The maximum Gasteiger partial charge on any atom is 0.173 e. The fourth-order valence-corrected chi connectivity index (χ4v) is 1.26. The number of aromatic nitrogens is 1. The number of halogens is 1. The van der Waals surface area contributed by atoms with Crippen molar-refractivity contribution in [1.29, 1.82) is 0 Å². The quantitative estimate of drug-likeness (QED) is 0.792. The second kappa shape index (κ2) is 5.74. The van der Waals surface area contributed by atoms with Crippen molar-refractivity contribution >= 4 is 22.7 Å². The van der Waals surface area contributed by atoms with Gasteiger partial charge in [-0.1, -0.05) is 0 Å². The lowest BCUT2D eigenvalue weighted by Gasteiger charge is -2.04. The Kier molecular flexibility index (Phi) is 4.57. The predicted molar refractivity (Wildman–Crippen MR) is 51.7 cm³/mol. The molecule has 74 valence electrons. The van der Waals surface area contributed by atoms with Crippen LogP contribution in [0.1, 0.15) is 0 Å². The Labute approximate surface area is 83.3 Å². The van der Waals surface area contributed by atoms with Crippen molar-refractivity contribution in [1.82, 2.24) is 4.98 Å². The zero-order valence-corrected chi connectivity index (χ0v) is 8.84. The first-order chi connectivity index (χ1) is 6.76. The molecule has 0 aromatic carbocycles. The van der Waals surface area contributed by atoms with E-state index in [4.69, 9.17) is 0 Å². The fourth-order valence-electron chi connectivity index (χ4n) is 0.770. The van der Waals surface area contributed by atoms with Crippen molar-refractivity contribution in [2.75, 3.05) is 11.9 Å². The van der Waals surface area contributed by atoms with E-state index in [0.717, 1.165) is 6.20 Å². The summed E-state index contributed by atoms with van der Waals surface area (Å²) in [5.41, 5.74) is 0. The molecule has 7 heteroatoms. The van der Waals surface area contributed by atoms with Crippen LogP contribution in [0.25, 0.3) is 0 Å². The van der Waals surface area contributed by atoms with E-state index in [2.05, 4.69) is 10.3 Å². The average Bonchev–Trinajstić information content (AvgIpc) is 2.22.